The van der Waals surface area contributed by atoms with Crippen LogP contribution in [0.1, 0.15) is 12.5 Å². The number of hydrogen-bond acceptors (Lipinski definition) is 4. The van der Waals surface area contributed by atoms with E-state index in [2.05, 4.69) is 4.72 Å². The van der Waals surface area contributed by atoms with Crippen LogP contribution >= 0.6 is 0 Å². The van der Waals surface area contributed by atoms with Crippen LogP contribution in [0, 0.1) is 0 Å². The molecule has 3 rings (SSSR count). The van der Waals surface area contributed by atoms with E-state index in [0.717, 1.165) is 24.2 Å². The van der Waals surface area contributed by atoms with Gasteiger partial charge >= 0.3 is 0 Å². The molecule has 0 saturated carbocycles. The molecule has 0 fully saturated rings. The summed E-state index contributed by atoms with van der Waals surface area (Å²) >= 11 is 0. The summed E-state index contributed by atoms with van der Waals surface area (Å²) in [6, 6.07) is 12.4. The first-order valence-electron chi connectivity index (χ1n) is 7.59. The first kappa shape index (κ1) is 15.7. The summed E-state index contributed by atoms with van der Waals surface area (Å²) in [6.07, 6.45) is 0.856. The molecule has 0 bridgehead atoms. The van der Waals surface area contributed by atoms with E-state index in [0.29, 0.717) is 18.0 Å². The van der Waals surface area contributed by atoms with Gasteiger partial charge in [0.25, 0.3) is 10.0 Å². The van der Waals surface area contributed by atoms with Crippen LogP contribution in [0.25, 0.3) is 0 Å². The first-order valence-corrected chi connectivity index (χ1v) is 9.07. The Morgan fingerprint density at radius 1 is 1.22 bits per heavy atom. The third kappa shape index (κ3) is 3.27. The average molecular weight is 332 g/mol. The second kappa shape index (κ2) is 6.12. The van der Waals surface area contributed by atoms with Crippen molar-refractivity contribution in [2.24, 2.45) is 0 Å². The number of benzene rings is 2. The summed E-state index contributed by atoms with van der Waals surface area (Å²) in [7, 11) is -1.68. The van der Waals surface area contributed by atoms with E-state index in [1.165, 1.54) is 0 Å². The predicted octanol–water partition coefficient (Wildman–Crippen LogP) is 2.88. The van der Waals surface area contributed by atoms with Crippen molar-refractivity contribution in [3.05, 3.63) is 48.0 Å². The Morgan fingerprint density at radius 2 is 2.04 bits per heavy atom. The standard InChI is InChI=1S/C17H20N2O3S/c1-3-13-5-4-6-14(11-13)18-23(20,21)15-7-8-16-17(12-15)22-10-9-19(16)2/h4-8,11-12,18H,3,9-10H2,1-2H3. The van der Waals surface area contributed by atoms with Crippen LogP contribution in [0.15, 0.2) is 47.4 Å². The van der Waals surface area contributed by atoms with Crippen molar-refractivity contribution in [1.29, 1.82) is 0 Å². The Morgan fingerprint density at radius 3 is 2.83 bits per heavy atom. The first-order chi connectivity index (χ1) is 11.0. The van der Waals surface area contributed by atoms with Gasteiger partial charge in [-0.1, -0.05) is 19.1 Å². The van der Waals surface area contributed by atoms with Gasteiger partial charge in [0.1, 0.15) is 12.4 Å². The number of nitrogens with zero attached hydrogens (tertiary/aromatic N) is 1. The zero-order valence-corrected chi connectivity index (χ0v) is 14.1. The molecule has 1 aliphatic heterocycles. The van der Waals surface area contributed by atoms with Gasteiger partial charge in [-0.05, 0) is 36.2 Å². The van der Waals surface area contributed by atoms with Gasteiger partial charge < -0.3 is 9.64 Å². The number of sulfonamides is 1. The van der Waals surface area contributed by atoms with E-state index in [1.807, 2.05) is 37.1 Å². The highest BCUT2D eigenvalue weighted by Crippen LogP contribution is 2.33. The van der Waals surface area contributed by atoms with Crippen LogP contribution in [-0.4, -0.2) is 28.6 Å². The van der Waals surface area contributed by atoms with Crippen LogP contribution in [0.5, 0.6) is 5.75 Å². The van der Waals surface area contributed by atoms with E-state index in [4.69, 9.17) is 4.74 Å². The number of ether oxygens (including phenoxy) is 1. The molecule has 0 aliphatic carbocycles. The molecule has 122 valence electrons. The fourth-order valence-electron chi connectivity index (χ4n) is 2.57. The SMILES string of the molecule is CCc1cccc(NS(=O)(=O)c2ccc3c(c2)OCCN3C)c1. The lowest BCUT2D eigenvalue weighted by atomic mass is 10.1. The van der Waals surface area contributed by atoms with Crippen molar-refractivity contribution in [3.63, 3.8) is 0 Å². The highest BCUT2D eigenvalue weighted by molar-refractivity contribution is 7.92. The normalized spacial score (nSPS) is 14.1. The third-order valence-corrected chi connectivity index (χ3v) is 5.30. The number of anilines is 2. The fourth-order valence-corrected chi connectivity index (χ4v) is 3.64. The molecular weight excluding hydrogens is 312 g/mol. The van der Waals surface area contributed by atoms with Gasteiger partial charge in [-0.3, -0.25) is 4.72 Å². The zero-order chi connectivity index (χ0) is 16.4. The summed E-state index contributed by atoms with van der Waals surface area (Å²) in [6.45, 7) is 3.38. The molecule has 0 aromatic heterocycles. The summed E-state index contributed by atoms with van der Waals surface area (Å²) in [4.78, 5) is 2.25. The summed E-state index contributed by atoms with van der Waals surface area (Å²) in [5.41, 5.74) is 2.56. The average Bonchev–Trinajstić information content (AvgIpc) is 2.54. The molecule has 5 nitrogen and oxygen atoms in total. The fraction of sp³-hybridized carbons (Fsp3) is 0.294. The minimum atomic E-state index is -3.64. The van der Waals surface area contributed by atoms with Crippen LogP contribution in [0.2, 0.25) is 0 Å². The topological polar surface area (TPSA) is 58.6 Å². The van der Waals surface area contributed by atoms with E-state index in [9.17, 15) is 8.42 Å². The van der Waals surface area contributed by atoms with E-state index < -0.39 is 10.0 Å². The van der Waals surface area contributed by atoms with Crippen LogP contribution in [0.3, 0.4) is 0 Å². The quantitative estimate of drug-likeness (QED) is 0.935. The van der Waals surface area contributed by atoms with Crippen LogP contribution < -0.4 is 14.4 Å². The van der Waals surface area contributed by atoms with Crippen molar-refractivity contribution >= 4 is 21.4 Å². The number of likely N-dealkylation sites (N-methyl/N-ethyl adjacent to an activating group) is 1. The van der Waals surface area contributed by atoms with Gasteiger partial charge in [0, 0.05) is 18.8 Å². The monoisotopic (exact) mass is 332 g/mol. The maximum atomic E-state index is 12.6. The summed E-state index contributed by atoms with van der Waals surface area (Å²) in [5, 5.41) is 0. The molecule has 2 aromatic carbocycles. The second-order valence-corrected chi connectivity index (χ2v) is 7.24. The molecule has 0 amide bonds. The highest BCUT2D eigenvalue weighted by atomic mass is 32.2. The van der Waals surface area contributed by atoms with Crippen LogP contribution in [0.4, 0.5) is 11.4 Å². The molecule has 0 spiro atoms. The lowest BCUT2D eigenvalue weighted by Crippen LogP contribution is -2.29. The predicted molar refractivity (Wildman–Crippen MR) is 91.8 cm³/mol. The maximum Gasteiger partial charge on any atom is 0.262 e. The lowest BCUT2D eigenvalue weighted by molar-refractivity contribution is 0.310. The van der Waals surface area contributed by atoms with Crippen molar-refractivity contribution in [1.82, 2.24) is 0 Å². The third-order valence-electron chi connectivity index (χ3n) is 3.92. The zero-order valence-electron chi connectivity index (χ0n) is 13.2. The van der Waals surface area contributed by atoms with Crippen molar-refractivity contribution in [2.45, 2.75) is 18.2 Å². The van der Waals surface area contributed by atoms with Gasteiger partial charge in [0.15, 0.2) is 0 Å². The van der Waals surface area contributed by atoms with Gasteiger partial charge in [0.05, 0.1) is 17.1 Å². The minimum absolute atomic E-state index is 0.202. The van der Waals surface area contributed by atoms with Gasteiger partial charge in [-0.2, -0.15) is 0 Å². The number of rotatable bonds is 4. The van der Waals surface area contributed by atoms with Gasteiger partial charge in [-0.25, -0.2) is 8.42 Å². The molecule has 2 aromatic rings. The molecule has 0 unspecified atom stereocenters. The number of nitrogens with one attached hydrogen (secondary N) is 1. The maximum absolute atomic E-state index is 12.6. The molecule has 23 heavy (non-hydrogen) atoms. The molecule has 1 heterocycles. The van der Waals surface area contributed by atoms with Crippen molar-refractivity contribution in [2.75, 3.05) is 29.8 Å². The summed E-state index contributed by atoms with van der Waals surface area (Å²) in [5.74, 6) is 0.601. The number of hydrogen-bond donors (Lipinski definition) is 1. The molecule has 0 atom stereocenters. The molecule has 6 heteroatoms. The Labute approximate surface area is 136 Å². The minimum Gasteiger partial charge on any atom is -0.490 e. The largest absolute Gasteiger partial charge is 0.490 e. The number of fused-ring (bicyclic) bond motifs is 1. The Kier molecular flexibility index (Phi) is 4.17. The van der Waals surface area contributed by atoms with E-state index in [1.54, 1.807) is 24.3 Å². The number of aryl methyl sites for hydroxylation is 1. The van der Waals surface area contributed by atoms with Crippen molar-refractivity contribution < 1.29 is 13.2 Å². The molecule has 0 radical (unpaired) electrons. The Bertz CT molecular complexity index is 818. The van der Waals surface area contributed by atoms with Gasteiger partial charge in [-0.15, -0.1) is 0 Å². The van der Waals surface area contributed by atoms with E-state index >= 15 is 0 Å². The molecule has 1 N–H and O–H groups in total. The van der Waals surface area contributed by atoms with Crippen LogP contribution in [-0.2, 0) is 16.4 Å². The highest BCUT2D eigenvalue weighted by Gasteiger charge is 2.20. The Hall–Kier alpha value is -2.21. The molecular formula is C17H20N2O3S. The Balaban J connectivity index is 1.90. The second-order valence-electron chi connectivity index (χ2n) is 5.56. The lowest BCUT2D eigenvalue weighted by Gasteiger charge is -2.27. The van der Waals surface area contributed by atoms with Crippen molar-refractivity contribution in [3.8, 4) is 5.75 Å². The summed E-state index contributed by atoms with van der Waals surface area (Å²) < 4.78 is 33.4. The van der Waals surface area contributed by atoms with Gasteiger partial charge in [0.2, 0.25) is 0 Å². The molecule has 1 aliphatic rings. The smallest absolute Gasteiger partial charge is 0.262 e. The van der Waals surface area contributed by atoms with E-state index in [-0.39, 0.29) is 4.90 Å². The molecule has 0 saturated heterocycles.